The predicted molar refractivity (Wildman–Crippen MR) is 49.4 cm³/mol. The highest BCUT2D eigenvalue weighted by Gasteiger charge is 2.35. The average Bonchev–Trinajstić information content (AvgIpc) is 2.01. The zero-order valence-corrected chi connectivity index (χ0v) is 8.64. The maximum Gasteiger partial charge on any atom is 0.153 e. The van der Waals surface area contributed by atoms with Gasteiger partial charge in [-0.3, -0.25) is 14.4 Å². The zero-order valence-electron chi connectivity index (χ0n) is 8.64. The smallest absolute Gasteiger partial charge is 0.153 e. The second kappa shape index (κ2) is 4.30. The Hall–Kier alpha value is -0.990. The molecule has 0 aliphatic carbocycles. The van der Waals surface area contributed by atoms with Crippen LogP contribution in [0.25, 0.3) is 0 Å². The van der Waals surface area contributed by atoms with Gasteiger partial charge in [-0.05, 0) is 27.2 Å². The standard InChI is InChI=1S/C10H16O3/c1-5-10(4,8(3)12)9(13)6-7(2)11/h5-6H2,1-4H3. The predicted octanol–water partition coefficient (Wildman–Crippen LogP) is 1.54. The summed E-state index contributed by atoms with van der Waals surface area (Å²) in [7, 11) is 0. The third-order valence-electron chi connectivity index (χ3n) is 2.51. The molecule has 74 valence electrons. The molecule has 0 aliphatic rings. The van der Waals surface area contributed by atoms with E-state index in [0.29, 0.717) is 6.42 Å². The highest BCUT2D eigenvalue weighted by Crippen LogP contribution is 2.25. The molecule has 0 saturated heterocycles. The number of hydrogen-bond donors (Lipinski definition) is 0. The number of hydrogen-bond acceptors (Lipinski definition) is 3. The SMILES string of the molecule is CCC(C)(C(C)=O)C(=O)CC(C)=O. The molecule has 0 spiro atoms. The van der Waals surface area contributed by atoms with Crippen molar-refractivity contribution in [1.29, 1.82) is 0 Å². The van der Waals surface area contributed by atoms with Crippen LogP contribution >= 0.6 is 0 Å². The second-order valence-electron chi connectivity index (χ2n) is 3.54. The summed E-state index contributed by atoms with van der Waals surface area (Å²) >= 11 is 0. The molecule has 0 saturated carbocycles. The lowest BCUT2D eigenvalue weighted by Crippen LogP contribution is -2.35. The first-order chi connectivity index (χ1) is 5.84. The van der Waals surface area contributed by atoms with E-state index in [2.05, 4.69) is 0 Å². The fraction of sp³-hybridized carbons (Fsp3) is 0.700. The van der Waals surface area contributed by atoms with Crippen LogP contribution in [0.2, 0.25) is 0 Å². The molecule has 0 N–H and O–H groups in total. The van der Waals surface area contributed by atoms with Gasteiger partial charge in [0.1, 0.15) is 11.6 Å². The van der Waals surface area contributed by atoms with E-state index in [4.69, 9.17) is 0 Å². The Morgan fingerprint density at radius 2 is 1.62 bits per heavy atom. The van der Waals surface area contributed by atoms with Crippen molar-refractivity contribution in [3.8, 4) is 0 Å². The van der Waals surface area contributed by atoms with Gasteiger partial charge in [0.15, 0.2) is 5.78 Å². The summed E-state index contributed by atoms with van der Waals surface area (Å²) in [6.07, 6.45) is 0.318. The van der Waals surface area contributed by atoms with Crippen molar-refractivity contribution in [1.82, 2.24) is 0 Å². The minimum absolute atomic E-state index is 0.135. The fourth-order valence-electron chi connectivity index (χ4n) is 1.06. The summed E-state index contributed by atoms with van der Waals surface area (Å²) in [6, 6.07) is 0. The third-order valence-corrected chi connectivity index (χ3v) is 2.51. The lowest BCUT2D eigenvalue weighted by molar-refractivity contribution is -0.140. The molecule has 1 atom stereocenters. The maximum absolute atomic E-state index is 11.5. The molecule has 0 heterocycles. The fourth-order valence-corrected chi connectivity index (χ4v) is 1.06. The molecule has 0 rings (SSSR count). The highest BCUT2D eigenvalue weighted by atomic mass is 16.2. The summed E-state index contributed by atoms with van der Waals surface area (Å²) < 4.78 is 0. The van der Waals surface area contributed by atoms with E-state index in [-0.39, 0.29) is 23.8 Å². The number of carbonyl (C=O) groups excluding carboxylic acids is 3. The third kappa shape index (κ3) is 2.76. The van der Waals surface area contributed by atoms with Crippen LogP contribution in [0.4, 0.5) is 0 Å². The number of carbonyl (C=O) groups is 3. The number of ketones is 3. The monoisotopic (exact) mass is 184 g/mol. The average molecular weight is 184 g/mol. The Morgan fingerprint density at radius 1 is 1.15 bits per heavy atom. The molecule has 0 bridgehead atoms. The van der Waals surface area contributed by atoms with E-state index in [1.165, 1.54) is 13.8 Å². The first-order valence-electron chi connectivity index (χ1n) is 4.38. The summed E-state index contributed by atoms with van der Waals surface area (Å²) in [5.74, 6) is -0.623. The van der Waals surface area contributed by atoms with Gasteiger partial charge in [0.2, 0.25) is 0 Å². The van der Waals surface area contributed by atoms with Crippen LogP contribution in [0.15, 0.2) is 0 Å². The molecule has 0 fully saturated rings. The van der Waals surface area contributed by atoms with Crippen molar-refractivity contribution in [2.24, 2.45) is 5.41 Å². The van der Waals surface area contributed by atoms with Gasteiger partial charge in [0, 0.05) is 0 Å². The van der Waals surface area contributed by atoms with Crippen LogP contribution in [0, 0.1) is 5.41 Å². The largest absolute Gasteiger partial charge is 0.300 e. The minimum atomic E-state index is -0.967. The molecule has 0 amide bonds. The minimum Gasteiger partial charge on any atom is -0.300 e. The molecule has 0 aliphatic heterocycles. The normalized spacial score (nSPS) is 14.8. The Balaban J connectivity index is 4.67. The molecule has 3 heteroatoms. The lowest BCUT2D eigenvalue weighted by atomic mass is 9.78. The van der Waals surface area contributed by atoms with Crippen molar-refractivity contribution in [2.45, 2.75) is 40.5 Å². The topological polar surface area (TPSA) is 51.2 Å². The number of rotatable bonds is 5. The van der Waals surface area contributed by atoms with E-state index in [1.54, 1.807) is 13.8 Å². The van der Waals surface area contributed by atoms with Crippen LogP contribution in [0.1, 0.15) is 40.5 Å². The van der Waals surface area contributed by atoms with Crippen LogP contribution in [-0.2, 0) is 14.4 Å². The maximum atomic E-state index is 11.5. The zero-order chi connectivity index (χ0) is 10.6. The van der Waals surface area contributed by atoms with Crippen molar-refractivity contribution in [2.75, 3.05) is 0 Å². The lowest BCUT2D eigenvalue weighted by Gasteiger charge is -2.22. The van der Waals surface area contributed by atoms with E-state index >= 15 is 0 Å². The second-order valence-corrected chi connectivity index (χ2v) is 3.54. The van der Waals surface area contributed by atoms with Crippen LogP contribution in [0.5, 0.6) is 0 Å². The summed E-state index contributed by atoms with van der Waals surface area (Å²) in [6.45, 7) is 6.12. The summed E-state index contributed by atoms with van der Waals surface area (Å²) in [5, 5.41) is 0. The van der Waals surface area contributed by atoms with Gasteiger partial charge >= 0.3 is 0 Å². The van der Waals surface area contributed by atoms with Crippen LogP contribution < -0.4 is 0 Å². The molecule has 0 aromatic carbocycles. The Morgan fingerprint density at radius 3 is 1.85 bits per heavy atom. The Bertz CT molecular complexity index is 243. The van der Waals surface area contributed by atoms with Crippen molar-refractivity contribution in [3.63, 3.8) is 0 Å². The van der Waals surface area contributed by atoms with Gasteiger partial charge in [0.25, 0.3) is 0 Å². The highest BCUT2D eigenvalue weighted by molar-refractivity contribution is 6.11. The van der Waals surface area contributed by atoms with Gasteiger partial charge in [-0.15, -0.1) is 0 Å². The first kappa shape index (κ1) is 12.0. The molecule has 0 aromatic rings. The van der Waals surface area contributed by atoms with Crippen LogP contribution in [0.3, 0.4) is 0 Å². The molecule has 0 radical (unpaired) electrons. The summed E-state index contributed by atoms with van der Waals surface area (Å²) in [4.78, 5) is 33.4. The van der Waals surface area contributed by atoms with Crippen molar-refractivity contribution >= 4 is 17.3 Å². The van der Waals surface area contributed by atoms with E-state index < -0.39 is 5.41 Å². The molecular formula is C10H16O3. The van der Waals surface area contributed by atoms with Gasteiger partial charge < -0.3 is 0 Å². The van der Waals surface area contributed by atoms with Gasteiger partial charge in [-0.1, -0.05) is 6.92 Å². The van der Waals surface area contributed by atoms with E-state index in [9.17, 15) is 14.4 Å². The molecule has 13 heavy (non-hydrogen) atoms. The molecule has 3 nitrogen and oxygen atoms in total. The number of Topliss-reactive ketones (excluding diaryl/α,β-unsaturated/α-hetero) is 3. The van der Waals surface area contributed by atoms with Gasteiger partial charge in [-0.2, -0.15) is 0 Å². The molecule has 1 unspecified atom stereocenters. The van der Waals surface area contributed by atoms with E-state index in [0.717, 1.165) is 0 Å². The van der Waals surface area contributed by atoms with Gasteiger partial charge in [0.05, 0.1) is 11.8 Å². The van der Waals surface area contributed by atoms with Crippen molar-refractivity contribution in [3.05, 3.63) is 0 Å². The first-order valence-corrected chi connectivity index (χ1v) is 4.38. The van der Waals surface area contributed by atoms with Crippen molar-refractivity contribution < 1.29 is 14.4 Å². The summed E-state index contributed by atoms with van der Waals surface area (Å²) in [5.41, 5.74) is -0.967. The van der Waals surface area contributed by atoms with Gasteiger partial charge in [-0.25, -0.2) is 0 Å². The van der Waals surface area contributed by atoms with E-state index in [1.807, 2.05) is 0 Å². The van der Waals surface area contributed by atoms with Crippen LogP contribution in [-0.4, -0.2) is 17.3 Å². The Labute approximate surface area is 78.5 Å². The molecular weight excluding hydrogens is 168 g/mol. The molecule has 0 aromatic heterocycles. The Kier molecular flexibility index (Phi) is 3.98. The quantitative estimate of drug-likeness (QED) is 0.609.